The summed E-state index contributed by atoms with van der Waals surface area (Å²) in [6.07, 6.45) is 0.103. The summed E-state index contributed by atoms with van der Waals surface area (Å²) in [7, 11) is 0. The maximum Gasteiger partial charge on any atom is 0.269 e. The Labute approximate surface area is 86.4 Å². The molecule has 0 aromatic heterocycles. The molecule has 2 rings (SSSR count). The van der Waals surface area contributed by atoms with Crippen molar-refractivity contribution < 1.29 is 14.8 Å². The fourth-order valence-electron chi connectivity index (χ4n) is 1.41. The van der Waals surface area contributed by atoms with Crippen molar-refractivity contribution in [2.45, 2.75) is 18.6 Å². The molecule has 0 spiro atoms. The summed E-state index contributed by atoms with van der Waals surface area (Å²) in [5, 5.41) is 20.1. The fraction of sp³-hybridized carbons (Fsp3) is 0.400. The van der Waals surface area contributed by atoms with Crippen LogP contribution in [0.15, 0.2) is 24.3 Å². The number of aliphatic hydroxyl groups is 1. The van der Waals surface area contributed by atoms with E-state index in [2.05, 4.69) is 0 Å². The van der Waals surface area contributed by atoms with Crippen LogP contribution in [0.2, 0.25) is 0 Å². The maximum atomic E-state index is 10.4. The molecule has 1 heterocycles. The summed E-state index contributed by atoms with van der Waals surface area (Å²) in [5.41, 5.74) is 0.727. The van der Waals surface area contributed by atoms with E-state index in [0.717, 1.165) is 0 Å². The Hall–Kier alpha value is -1.46. The van der Waals surface area contributed by atoms with Crippen molar-refractivity contribution in [2.75, 3.05) is 6.61 Å². The molecule has 1 saturated heterocycles. The number of benzene rings is 1. The molecule has 0 amide bonds. The number of hydrogen-bond donors (Lipinski definition) is 1. The van der Waals surface area contributed by atoms with Crippen LogP contribution in [0, 0.1) is 10.1 Å². The zero-order chi connectivity index (χ0) is 10.8. The predicted molar refractivity (Wildman–Crippen MR) is 52.4 cm³/mol. The molecule has 1 aromatic rings. The highest BCUT2D eigenvalue weighted by Gasteiger charge is 2.26. The van der Waals surface area contributed by atoms with Crippen molar-refractivity contribution >= 4 is 5.69 Å². The molecule has 0 aliphatic carbocycles. The number of epoxide rings is 1. The van der Waals surface area contributed by atoms with Crippen molar-refractivity contribution in [2.24, 2.45) is 0 Å². The normalized spacial score (nSPS) is 21.0. The van der Waals surface area contributed by atoms with Gasteiger partial charge in [0.05, 0.1) is 23.7 Å². The molecular weight excluding hydrogens is 198 g/mol. The van der Waals surface area contributed by atoms with Gasteiger partial charge in [-0.25, -0.2) is 0 Å². The van der Waals surface area contributed by atoms with Crippen molar-refractivity contribution in [1.29, 1.82) is 0 Å². The standard InChI is InChI=1S/C10H11NO4/c12-10(5-9-6-15-9)7-1-3-8(4-2-7)11(13)14/h1-4,9-10,12H,5-6H2/t9?,10-/m0/s1. The van der Waals surface area contributed by atoms with Crippen molar-refractivity contribution in [3.05, 3.63) is 39.9 Å². The second kappa shape index (κ2) is 3.96. The van der Waals surface area contributed by atoms with E-state index in [1.165, 1.54) is 12.1 Å². The zero-order valence-electron chi connectivity index (χ0n) is 8.00. The van der Waals surface area contributed by atoms with Gasteiger partial charge in [-0.3, -0.25) is 10.1 Å². The van der Waals surface area contributed by atoms with E-state index in [0.29, 0.717) is 18.6 Å². The highest BCUT2D eigenvalue weighted by Crippen LogP contribution is 2.26. The molecule has 0 radical (unpaired) electrons. The highest BCUT2D eigenvalue weighted by molar-refractivity contribution is 5.33. The maximum absolute atomic E-state index is 10.4. The second-order valence-corrected chi connectivity index (χ2v) is 3.56. The zero-order valence-corrected chi connectivity index (χ0v) is 8.00. The number of hydrogen-bond acceptors (Lipinski definition) is 4. The first-order valence-corrected chi connectivity index (χ1v) is 4.71. The lowest BCUT2D eigenvalue weighted by Crippen LogP contribution is -2.01. The predicted octanol–water partition coefficient (Wildman–Crippen LogP) is 1.42. The van der Waals surface area contributed by atoms with E-state index in [-0.39, 0.29) is 11.8 Å². The molecule has 1 aliphatic heterocycles. The second-order valence-electron chi connectivity index (χ2n) is 3.56. The number of rotatable bonds is 4. The monoisotopic (exact) mass is 209 g/mol. The van der Waals surface area contributed by atoms with Crippen molar-refractivity contribution in [3.8, 4) is 0 Å². The molecule has 1 aromatic carbocycles. The van der Waals surface area contributed by atoms with Gasteiger partial charge in [0, 0.05) is 18.6 Å². The van der Waals surface area contributed by atoms with E-state index >= 15 is 0 Å². The van der Waals surface area contributed by atoms with E-state index in [1.807, 2.05) is 0 Å². The van der Waals surface area contributed by atoms with Crippen LogP contribution in [0.4, 0.5) is 5.69 Å². The summed E-state index contributed by atoms with van der Waals surface area (Å²) in [5.74, 6) is 0. The lowest BCUT2D eigenvalue weighted by Gasteiger charge is -2.08. The van der Waals surface area contributed by atoms with Gasteiger partial charge in [0.15, 0.2) is 0 Å². The minimum Gasteiger partial charge on any atom is -0.388 e. The van der Waals surface area contributed by atoms with Gasteiger partial charge in [-0.05, 0) is 17.7 Å². The number of non-ortho nitro benzene ring substituents is 1. The van der Waals surface area contributed by atoms with E-state index in [1.54, 1.807) is 12.1 Å². The molecule has 1 fully saturated rings. The molecule has 1 N–H and O–H groups in total. The van der Waals surface area contributed by atoms with E-state index in [9.17, 15) is 15.2 Å². The third-order valence-corrected chi connectivity index (χ3v) is 2.38. The lowest BCUT2D eigenvalue weighted by atomic mass is 10.1. The molecular formula is C10H11NO4. The summed E-state index contributed by atoms with van der Waals surface area (Å²) in [4.78, 5) is 9.93. The van der Waals surface area contributed by atoms with Crippen LogP contribution < -0.4 is 0 Å². The largest absolute Gasteiger partial charge is 0.388 e. The molecule has 15 heavy (non-hydrogen) atoms. The summed E-state index contributed by atoms with van der Waals surface area (Å²) in [6, 6.07) is 5.94. The molecule has 0 bridgehead atoms. The van der Waals surface area contributed by atoms with E-state index in [4.69, 9.17) is 4.74 Å². The number of aliphatic hydroxyl groups excluding tert-OH is 1. The first-order valence-electron chi connectivity index (χ1n) is 4.71. The summed E-state index contributed by atoms with van der Waals surface area (Å²) >= 11 is 0. The lowest BCUT2D eigenvalue weighted by molar-refractivity contribution is -0.384. The Morgan fingerprint density at radius 1 is 1.53 bits per heavy atom. The Morgan fingerprint density at radius 3 is 2.60 bits per heavy atom. The number of nitro benzene ring substituents is 1. The average Bonchev–Trinajstić information content (AvgIpc) is 3.02. The fourth-order valence-corrected chi connectivity index (χ4v) is 1.41. The molecule has 1 aliphatic rings. The van der Waals surface area contributed by atoms with Crippen LogP contribution in [-0.2, 0) is 4.74 Å². The van der Waals surface area contributed by atoms with Gasteiger partial charge >= 0.3 is 0 Å². The number of ether oxygens (including phenoxy) is 1. The molecule has 5 heteroatoms. The SMILES string of the molecule is O=[N+]([O-])c1ccc([C@@H](O)CC2CO2)cc1. The van der Waals surface area contributed by atoms with Crippen molar-refractivity contribution in [1.82, 2.24) is 0 Å². The molecule has 80 valence electrons. The van der Waals surface area contributed by atoms with Crippen LogP contribution in [-0.4, -0.2) is 22.7 Å². The third-order valence-electron chi connectivity index (χ3n) is 2.38. The van der Waals surface area contributed by atoms with Gasteiger partial charge in [-0.2, -0.15) is 0 Å². The molecule has 1 unspecified atom stereocenters. The van der Waals surface area contributed by atoms with E-state index < -0.39 is 11.0 Å². The number of nitro groups is 1. The van der Waals surface area contributed by atoms with Crippen LogP contribution in [0.3, 0.4) is 0 Å². The quantitative estimate of drug-likeness (QED) is 0.462. The molecule has 5 nitrogen and oxygen atoms in total. The van der Waals surface area contributed by atoms with Gasteiger partial charge in [0.25, 0.3) is 5.69 Å². The topological polar surface area (TPSA) is 75.9 Å². The molecule has 0 saturated carbocycles. The minimum absolute atomic E-state index is 0.0358. The highest BCUT2D eigenvalue weighted by atomic mass is 16.6. The Morgan fingerprint density at radius 2 is 2.13 bits per heavy atom. The minimum atomic E-state index is -0.599. The Bertz CT molecular complexity index is 358. The third kappa shape index (κ3) is 2.51. The first-order chi connectivity index (χ1) is 7.16. The van der Waals surface area contributed by atoms with Crippen LogP contribution in [0.25, 0.3) is 0 Å². The molecule has 2 atom stereocenters. The summed E-state index contributed by atoms with van der Waals surface area (Å²) < 4.78 is 4.99. The first kappa shape index (κ1) is 10.1. The average molecular weight is 209 g/mol. The van der Waals surface area contributed by atoms with Gasteiger partial charge < -0.3 is 9.84 Å². The van der Waals surface area contributed by atoms with Crippen LogP contribution >= 0.6 is 0 Å². The summed E-state index contributed by atoms with van der Waals surface area (Å²) in [6.45, 7) is 0.698. The van der Waals surface area contributed by atoms with Gasteiger partial charge in [-0.1, -0.05) is 0 Å². The Kier molecular flexibility index (Phi) is 2.66. The smallest absolute Gasteiger partial charge is 0.269 e. The van der Waals surface area contributed by atoms with Gasteiger partial charge in [0.1, 0.15) is 0 Å². The number of nitrogens with zero attached hydrogens (tertiary/aromatic N) is 1. The van der Waals surface area contributed by atoms with Gasteiger partial charge in [-0.15, -0.1) is 0 Å². The van der Waals surface area contributed by atoms with Crippen LogP contribution in [0.1, 0.15) is 18.1 Å². The van der Waals surface area contributed by atoms with Crippen molar-refractivity contribution in [3.63, 3.8) is 0 Å². The van der Waals surface area contributed by atoms with Crippen LogP contribution in [0.5, 0.6) is 0 Å². The van der Waals surface area contributed by atoms with Gasteiger partial charge in [0.2, 0.25) is 0 Å². The Balaban J connectivity index is 2.04.